The van der Waals surface area contributed by atoms with Crippen molar-refractivity contribution in [2.45, 2.75) is 5.41 Å². The molecule has 0 aliphatic heterocycles. The van der Waals surface area contributed by atoms with Gasteiger partial charge in [0.25, 0.3) is 0 Å². The SMILES string of the molecule is N#Cc1ccc(-c2ccc3cc(-c4nc5ccccc5c5nc6ccccc6n45)ccc3c2)cc1.c1ccc(C2(c3ccccc3)c3cc(-c4nc5ccccc5c5nc6ccccc6n45)ccc3-c3ccc(-c4nc5ccccc5c5nc6ccccc6n45)cc32)cc1.c1ccc2c(c1)cc(-c1ccc3cc(-c4nc5ccccc5c5nc6ccccc6n45)ccc3c1)c1ccccc12. The third-order valence-corrected chi connectivity index (χ3v) is 27.3. The van der Waals surface area contributed by atoms with E-state index in [2.05, 4.69) is 382 Å². The smallest absolute Gasteiger partial charge is 0.149 e. The molecule has 13 heteroatoms. The first kappa shape index (κ1) is 76.5. The molecule has 13 nitrogen and oxygen atoms in total. The minimum absolute atomic E-state index is 0.667. The Morgan fingerprint density at radius 1 is 0.193 bits per heavy atom. The molecular formula is C122H73N13. The van der Waals surface area contributed by atoms with Crippen LogP contribution in [-0.4, -0.2) is 57.5 Å². The molecule has 8 aromatic heterocycles. The van der Waals surface area contributed by atoms with Gasteiger partial charge in [-0.15, -0.1) is 0 Å². The number of imidazole rings is 4. The fraction of sp³-hybridized carbons (Fsp3) is 0.00820. The van der Waals surface area contributed by atoms with Crippen molar-refractivity contribution >= 4 is 153 Å². The Morgan fingerprint density at radius 2 is 0.481 bits per heavy atom. The third-order valence-electron chi connectivity index (χ3n) is 27.3. The van der Waals surface area contributed by atoms with Gasteiger partial charge in [0.2, 0.25) is 0 Å². The number of hydrogen-bond donors (Lipinski definition) is 0. The van der Waals surface area contributed by atoms with Gasteiger partial charge in [-0.05, 0) is 250 Å². The second-order valence-electron chi connectivity index (χ2n) is 34.8. The minimum atomic E-state index is -0.668. The van der Waals surface area contributed by atoms with Crippen molar-refractivity contribution in [2.24, 2.45) is 0 Å². The molecule has 0 bridgehead atoms. The predicted molar refractivity (Wildman–Crippen MR) is 550 cm³/mol. The Labute approximate surface area is 772 Å². The quantitative estimate of drug-likeness (QED) is 0.136. The average molecular weight is 1720 g/mol. The molecule has 0 amide bonds. The second-order valence-corrected chi connectivity index (χ2v) is 34.8. The molecule has 8 heterocycles. The van der Waals surface area contributed by atoms with E-state index in [-0.39, 0.29) is 0 Å². The Morgan fingerprint density at radius 3 is 0.874 bits per heavy atom. The van der Waals surface area contributed by atoms with Gasteiger partial charge in [0.1, 0.15) is 45.9 Å². The Balaban J connectivity index is 0.000000107. The van der Waals surface area contributed by atoms with Crippen LogP contribution < -0.4 is 0 Å². The van der Waals surface area contributed by atoms with Crippen molar-refractivity contribution in [2.75, 3.05) is 0 Å². The van der Waals surface area contributed by atoms with E-state index in [0.717, 1.165) is 178 Å². The highest BCUT2D eigenvalue weighted by Crippen LogP contribution is 2.58. The van der Waals surface area contributed by atoms with Gasteiger partial charge in [-0.2, -0.15) is 5.26 Å². The number of fused-ring (bicyclic) bond motifs is 28. The van der Waals surface area contributed by atoms with E-state index in [9.17, 15) is 0 Å². The first-order valence-corrected chi connectivity index (χ1v) is 45.4. The van der Waals surface area contributed by atoms with Crippen molar-refractivity contribution in [1.82, 2.24) is 57.5 Å². The van der Waals surface area contributed by atoms with Crippen molar-refractivity contribution in [3.63, 3.8) is 0 Å². The van der Waals surface area contributed by atoms with Crippen molar-refractivity contribution < 1.29 is 0 Å². The summed E-state index contributed by atoms with van der Waals surface area (Å²) in [5, 5.41) is 23.0. The molecule has 135 heavy (non-hydrogen) atoms. The van der Waals surface area contributed by atoms with Gasteiger partial charge in [0.05, 0.1) is 83.2 Å². The van der Waals surface area contributed by atoms with Crippen molar-refractivity contribution in [1.29, 1.82) is 5.26 Å². The van der Waals surface area contributed by atoms with Crippen LogP contribution in [0, 0.1) is 11.3 Å². The average Bonchev–Trinajstić information content (AvgIpc) is 1.52. The summed E-state index contributed by atoms with van der Waals surface area (Å²) in [4.78, 5) is 41.3. The maximum atomic E-state index is 9.07. The van der Waals surface area contributed by atoms with Crippen LogP contribution in [0.1, 0.15) is 27.8 Å². The van der Waals surface area contributed by atoms with Gasteiger partial charge in [0.15, 0.2) is 0 Å². The van der Waals surface area contributed by atoms with Crippen LogP contribution in [0.5, 0.6) is 0 Å². The topological polar surface area (TPSA) is 145 Å². The van der Waals surface area contributed by atoms with Gasteiger partial charge < -0.3 is 0 Å². The van der Waals surface area contributed by atoms with Crippen LogP contribution in [0.3, 0.4) is 0 Å². The van der Waals surface area contributed by atoms with Gasteiger partial charge in [-0.3, -0.25) is 17.6 Å². The second kappa shape index (κ2) is 30.6. The van der Waals surface area contributed by atoms with E-state index >= 15 is 0 Å². The van der Waals surface area contributed by atoms with Crippen LogP contribution in [-0.2, 0) is 5.41 Å². The lowest BCUT2D eigenvalue weighted by Gasteiger charge is -2.34. The molecule has 0 atom stereocenters. The van der Waals surface area contributed by atoms with Crippen LogP contribution in [0.25, 0.3) is 232 Å². The molecule has 0 fully saturated rings. The molecule has 1 aliphatic carbocycles. The molecule has 0 radical (unpaired) electrons. The number of aromatic nitrogens is 12. The fourth-order valence-corrected chi connectivity index (χ4v) is 21.1. The molecule has 0 unspecified atom stereocenters. The zero-order valence-electron chi connectivity index (χ0n) is 72.5. The Kier molecular flexibility index (Phi) is 17.3. The number of benzene rings is 20. The summed E-state index contributed by atoms with van der Waals surface area (Å²) in [5.41, 5.74) is 31.4. The molecule has 20 aromatic carbocycles. The maximum Gasteiger partial charge on any atom is 0.149 e. The molecule has 0 saturated carbocycles. The van der Waals surface area contributed by atoms with Crippen LogP contribution in [0.15, 0.2) is 443 Å². The largest absolute Gasteiger partial charge is 0.276 e. The van der Waals surface area contributed by atoms with Crippen molar-refractivity contribution in [3.05, 3.63) is 471 Å². The normalized spacial score (nSPS) is 12.3. The summed E-state index contributed by atoms with van der Waals surface area (Å²) in [6, 6.07) is 158. The van der Waals surface area contributed by atoms with Crippen LogP contribution in [0.2, 0.25) is 0 Å². The number of rotatable bonds is 8. The number of hydrogen-bond acceptors (Lipinski definition) is 9. The van der Waals surface area contributed by atoms with E-state index in [1.165, 1.54) is 76.8 Å². The number of nitrogens with zero attached hydrogens (tertiary/aromatic N) is 13. The van der Waals surface area contributed by atoms with E-state index in [1.54, 1.807) is 0 Å². The molecule has 626 valence electrons. The first-order valence-electron chi connectivity index (χ1n) is 45.4. The summed E-state index contributed by atoms with van der Waals surface area (Å²) >= 11 is 0. The summed E-state index contributed by atoms with van der Waals surface area (Å²) in [7, 11) is 0. The van der Waals surface area contributed by atoms with E-state index < -0.39 is 5.41 Å². The van der Waals surface area contributed by atoms with E-state index in [1.807, 2.05) is 84.9 Å². The summed E-state index contributed by atoms with van der Waals surface area (Å²) < 4.78 is 8.84. The lowest BCUT2D eigenvalue weighted by atomic mass is 9.67. The first-order chi connectivity index (χ1) is 66.8. The van der Waals surface area contributed by atoms with E-state index in [0.29, 0.717) is 5.56 Å². The lowest BCUT2D eigenvalue weighted by Crippen LogP contribution is -2.28. The standard InChI is InChI=1S/C53H32N6.C38H23N3.C31H18N4/c1-3-15-35(16-4-1)53(36-17-5-2-6-18-36)41-31-33(49-54-43-21-9-7-19-39(43)51-56-45-23-11-13-25-47(45)58(49)51)27-29-37(41)38-30-28-34(32-42(38)53)50-55-44-22-10-8-20-40(44)52-57-46-24-12-14-26-48(46)59(50)52;1-2-10-29-26(9-1)23-33(31-12-4-3-11-30(29)31)27-19-17-25-22-28(20-18-24(25)21-27)37-39-34-14-6-5-13-32(34)38-40-35-15-7-8-16-36(35)41(37)38;32-19-20-9-11-21(12-10-20)22-13-14-24-18-25(16-15-23(24)17-22)30-33-27-6-2-1-5-26(27)31-34-28-7-3-4-8-29(28)35(30)31/h1-32H;1-23H;1-18H. The molecule has 29 rings (SSSR count). The van der Waals surface area contributed by atoms with Gasteiger partial charge in [0, 0.05) is 43.8 Å². The molecule has 0 N–H and O–H groups in total. The summed E-state index contributed by atoms with van der Waals surface area (Å²) in [5.74, 6) is 3.50. The fourth-order valence-electron chi connectivity index (χ4n) is 21.1. The monoisotopic (exact) mass is 1720 g/mol. The molecule has 0 spiro atoms. The summed E-state index contributed by atoms with van der Waals surface area (Å²) in [6.45, 7) is 0. The van der Waals surface area contributed by atoms with Crippen LogP contribution in [0.4, 0.5) is 0 Å². The highest BCUT2D eigenvalue weighted by atomic mass is 15.1. The highest BCUT2D eigenvalue weighted by Gasteiger charge is 2.47. The van der Waals surface area contributed by atoms with Gasteiger partial charge in [-0.25, -0.2) is 39.9 Å². The maximum absolute atomic E-state index is 9.07. The zero-order valence-corrected chi connectivity index (χ0v) is 72.5. The highest BCUT2D eigenvalue weighted by molar-refractivity contribution is 6.15. The van der Waals surface area contributed by atoms with Gasteiger partial charge >= 0.3 is 0 Å². The Bertz CT molecular complexity index is 9630. The van der Waals surface area contributed by atoms with E-state index in [4.69, 9.17) is 45.1 Å². The van der Waals surface area contributed by atoms with Gasteiger partial charge in [-0.1, -0.05) is 291 Å². The molecule has 1 aliphatic rings. The molecule has 28 aromatic rings. The predicted octanol–water partition coefficient (Wildman–Crippen LogP) is 29.3. The minimum Gasteiger partial charge on any atom is -0.276 e. The third kappa shape index (κ3) is 12.2. The molecular weight excluding hydrogens is 1650 g/mol. The molecule has 0 saturated heterocycles. The number of nitriles is 1. The van der Waals surface area contributed by atoms with Crippen molar-refractivity contribution in [3.8, 4) is 85.0 Å². The lowest BCUT2D eigenvalue weighted by molar-refractivity contribution is 0.768. The van der Waals surface area contributed by atoms with Crippen LogP contribution >= 0.6 is 0 Å². The number of para-hydroxylation sites is 12. The zero-order chi connectivity index (χ0) is 88.9. The summed E-state index contributed by atoms with van der Waals surface area (Å²) in [6.07, 6.45) is 0. The Hall–Kier alpha value is -18.5.